The van der Waals surface area contributed by atoms with E-state index in [4.69, 9.17) is 30.5 Å². The first-order chi connectivity index (χ1) is 15.5. The number of hydrogen-bond acceptors (Lipinski definition) is 7. The number of imidazole rings is 1. The molecule has 6 rings (SSSR count). The molecule has 3 aromatic rings. The van der Waals surface area contributed by atoms with Crippen LogP contribution in [0.25, 0.3) is 22.4 Å². The Morgan fingerprint density at radius 2 is 2.03 bits per heavy atom. The number of halogens is 1. The molecule has 0 saturated carbocycles. The van der Waals surface area contributed by atoms with Gasteiger partial charge in [0.2, 0.25) is 0 Å². The summed E-state index contributed by atoms with van der Waals surface area (Å²) < 4.78 is 22.8. The fourth-order valence-electron chi connectivity index (χ4n) is 4.53. The molecule has 0 aliphatic carbocycles. The second-order valence-corrected chi connectivity index (χ2v) is 8.67. The van der Waals surface area contributed by atoms with Crippen LogP contribution in [0.1, 0.15) is 25.0 Å². The Kier molecular flexibility index (Phi) is 4.71. The average molecular weight is 457 g/mol. The quantitative estimate of drug-likeness (QED) is 0.619. The fourth-order valence-corrected chi connectivity index (χ4v) is 4.79. The summed E-state index contributed by atoms with van der Waals surface area (Å²) in [5.74, 6) is 0. The number of carbonyl (C=O) groups excluding carboxylic acids is 1. The largest absolute Gasteiger partial charge is 0.456 e. The number of aromatic nitrogens is 3. The highest BCUT2D eigenvalue weighted by molar-refractivity contribution is 6.33. The van der Waals surface area contributed by atoms with Crippen molar-refractivity contribution in [2.75, 3.05) is 13.2 Å². The second kappa shape index (κ2) is 7.61. The van der Waals surface area contributed by atoms with Crippen molar-refractivity contribution in [1.82, 2.24) is 20.3 Å². The molecule has 0 radical (unpaired) electrons. The number of amides is 1. The van der Waals surface area contributed by atoms with Gasteiger partial charge >= 0.3 is 6.09 Å². The van der Waals surface area contributed by atoms with E-state index in [1.165, 1.54) is 0 Å². The van der Waals surface area contributed by atoms with Crippen LogP contribution in [0, 0.1) is 0 Å². The number of nitrogens with zero attached hydrogens (tertiary/aromatic N) is 2. The third-order valence-corrected chi connectivity index (χ3v) is 6.42. The summed E-state index contributed by atoms with van der Waals surface area (Å²) in [4.78, 5) is 23.7. The summed E-state index contributed by atoms with van der Waals surface area (Å²) in [5, 5.41) is 3.24. The van der Waals surface area contributed by atoms with Crippen LogP contribution >= 0.6 is 11.6 Å². The van der Waals surface area contributed by atoms with Gasteiger partial charge in [0.15, 0.2) is 11.8 Å². The van der Waals surface area contributed by atoms with Gasteiger partial charge in [-0.05, 0) is 25.0 Å². The van der Waals surface area contributed by atoms with Crippen LogP contribution in [-0.4, -0.2) is 58.6 Å². The summed E-state index contributed by atoms with van der Waals surface area (Å²) in [6.07, 6.45) is -0.00666. The number of H-pyrrole nitrogens is 1. The molecular formula is C22H21ClN4O5. The molecule has 5 atom stereocenters. The van der Waals surface area contributed by atoms with E-state index in [1.807, 2.05) is 31.2 Å². The van der Waals surface area contributed by atoms with E-state index < -0.39 is 6.09 Å². The van der Waals surface area contributed by atoms with Crippen molar-refractivity contribution in [2.24, 2.45) is 0 Å². The number of rotatable bonds is 4. The van der Waals surface area contributed by atoms with Crippen molar-refractivity contribution < 1.29 is 23.7 Å². The van der Waals surface area contributed by atoms with Gasteiger partial charge < -0.3 is 29.2 Å². The third-order valence-electron chi connectivity index (χ3n) is 6.13. The highest BCUT2D eigenvalue weighted by Gasteiger charge is 2.43. The maximum atomic E-state index is 11.5. The van der Waals surface area contributed by atoms with Gasteiger partial charge in [0, 0.05) is 12.2 Å². The lowest BCUT2D eigenvalue weighted by Crippen LogP contribution is -2.32. The van der Waals surface area contributed by atoms with E-state index in [0.29, 0.717) is 41.1 Å². The van der Waals surface area contributed by atoms with E-state index in [2.05, 4.69) is 20.3 Å². The topological polar surface area (TPSA) is 108 Å². The smallest absolute Gasteiger partial charge is 0.408 e. The monoisotopic (exact) mass is 456 g/mol. The van der Waals surface area contributed by atoms with Crippen LogP contribution < -0.4 is 10.1 Å². The standard InChI is InChI=1S/C22H21ClN4O5/c1-10-18(32-22(28)24-10)12-4-2-11(3-5-12)17-13(23)8-14-20(26-17)27-21(25-14)31-16-9-30-15-6-7-29-19(15)16/h2-5,8,10,15-16,18-19H,6-7,9H2,1H3,(H,24,28)(H,25,26,27). The zero-order chi connectivity index (χ0) is 21.8. The first-order valence-corrected chi connectivity index (χ1v) is 11.0. The minimum absolute atomic E-state index is 0.0640. The van der Waals surface area contributed by atoms with Gasteiger partial charge in [-0.2, -0.15) is 4.98 Å². The number of carbonyl (C=O) groups is 1. The first kappa shape index (κ1) is 19.8. The van der Waals surface area contributed by atoms with Crippen LogP contribution in [-0.2, 0) is 14.2 Å². The van der Waals surface area contributed by atoms with E-state index in [9.17, 15) is 4.79 Å². The Hall–Kier alpha value is -2.88. The Labute approximate surface area is 188 Å². The third kappa shape index (κ3) is 3.37. The molecule has 3 saturated heterocycles. The highest BCUT2D eigenvalue weighted by atomic mass is 35.5. The molecule has 166 valence electrons. The van der Waals surface area contributed by atoms with Crippen molar-refractivity contribution in [3.05, 3.63) is 40.9 Å². The molecule has 10 heteroatoms. The number of ether oxygens (including phenoxy) is 4. The molecule has 1 amide bonds. The molecular weight excluding hydrogens is 436 g/mol. The van der Waals surface area contributed by atoms with Crippen LogP contribution in [0.3, 0.4) is 0 Å². The molecule has 0 spiro atoms. The summed E-state index contributed by atoms with van der Waals surface area (Å²) in [6, 6.07) is 9.70. The first-order valence-electron chi connectivity index (χ1n) is 10.6. The molecule has 1 aromatic carbocycles. The number of pyridine rings is 1. The maximum Gasteiger partial charge on any atom is 0.408 e. The summed E-state index contributed by atoms with van der Waals surface area (Å²) >= 11 is 6.53. The number of benzene rings is 1. The van der Waals surface area contributed by atoms with Crippen LogP contribution in [0.5, 0.6) is 6.01 Å². The Balaban J connectivity index is 1.25. The number of cyclic esters (lactones) is 1. The molecule has 2 aromatic heterocycles. The van der Waals surface area contributed by atoms with Gasteiger partial charge in [0.1, 0.15) is 12.2 Å². The van der Waals surface area contributed by atoms with Gasteiger partial charge in [-0.15, -0.1) is 0 Å². The zero-order valence-electron chi connectivity index (χ0n) is 17.2. The van der Waals surface area contributed by atoms with Crippen molar-refractivity contribution in [3.63, 3.8) is 0 Å². The zero-order valence-corrected chi connectivity index (χ0v) is 18.0. The molecule has 3 aliphatic rings. The molecule has 5 unspecified atom stereocenters. The van der Waals surface area contributed by atoms with Gasteiger partial charge in [0.25, 0.3) is 6.01 Å². The SMILES string of the molecule is CC1NC(=O)OC1c1ccc(-c2nc3nc(OC4COC5CCOC54)[nH]c3cc2Cl)cc1. The predicted octanol–water partition coefficient (Wildman–Crippen LogP) is 3.38. The normalized spacial score (nSPS) is 29.2. The van der Waals surface area contributed by atoms with Gasteiger partial charge in [-0.1, -0.05) is 35.9 Å². The molecule has 3 aliphatic heterocycles. The van der Waals surface area contributed by atoms with Crippen molar-refractivity contribution in [3.8, 4) is 17.3 Å². The van der Waals surface area contributed by atoms with Crippen molar-refractivity contribution in [1.29, 1.82) is 0 Å². The molecule has 9 nitrogen and oxygen atoms in total. The van der Waals surface area contributed by atoms with Crippen LogP contribution in [0.4, 0.5) is 4.79 Å². The van der Waals surface area contributed by atoms with Gasteiger partial charge in [-0.3, -0.25) is 0 Å². The predicted molar refractivity (Wildman–Crippen MR) is 115 cm³/mol. The lowest BCUT2D eigenvalue weighted by molar-refractivity contribution is 0.0273. The van der Waals surface area contributed by atoms with E-state index in [1.54, 1.807) is 6.07 Å². The van der Waals surface area contributed by atoms with E-state index in [-0.39, 0.29) is 30.5 Å². The lowest BCUT2D eigenvalue weighted by Gasteiger charge is -2.15. The summed E-state index contributed by atoms with van der Waals surface area (Å²) in [5.41, 5.74) is 3.54. The van der Waals surface area contributed by atoms with Crippen molar-refractivity contribution in [2.45, 2.75) is 43.8 Å². The molecule has 32 heavy (non-hydrogen) atoms. The molecule has 2 N–H and O–H groups in total. The van der Waals surface area contributed by atoms with E-state index in [0.717, 1.165) is 17.5 Å². The minimum atomic E-state index is -0.405. The minimum Gasteiger partial charge on any atom is -0.456 e. The second-order valence-electron chi connectivity index (χ2n) is 8.27. The Morgan fingerprint density at radius 3 is 2.81 bits per heavy atom. The van der Waals surface area contributed by atoms with Crippen LogP contribution in [0.2, 0.25) is 5.02 Å². The number of aromatic amines is 1. The van der Waals surface area contributed by atoms with Crippen molar-refractivity contribution >= 4 is 28.9 Å². The van der Waals surface area contributed by atoms with Crippen LogP contribution in [0.15, 0.2) is 30.3 Å². The lowest BCUT2D eigenvalue weighted by atomic mass is 10.0. The maximum absolute atomic E-state index is 11.5. The van der Waals surface area contributed by atoms with Gasteiger partial charge in [-0.25, -0.2) is 9.78 Å². The number of fused-ring (bicyclic) bond motifs is 2. The highest BCUT2D eigenvalue weighted by Crippen LogP contribution is 2.33. The Morgan fingerprint density at radius 1 is 1.19 bits per heavy atom. The average Bonchev–Trinajstić information content (AvgIpc) is 3.53. The summed E-state index contributed by atoms with van der Waals surface area (Å²) in [6.45, 7) is 3.07. The number of hydrogen-bond donors (Lipinski definition) is 2. The molecule has 3 fully saturated rings. The summed E-state index contributed by atoms with van der Waals surface area (Å²) in [7, 11) is 0. The number of nitrogens with one attached hydrogen (secondary N) is 2. The fraction of sp³-hybridized carbons (Fsp3) is 0.409. The molecule has 5 heterocycles. The van der Waals surface area contributed by atoms with E-state index >= 15 is 0 Å². The Bertz CT molecular complexity index is 1180. The molecule has 0 bridgehead atoms. The number of alkyl carbamates (subject to hydrolysis) is 1. The van der Waals surface area contributed by atoms with Gasteiger partial charge in [0.05, 0.1) is 35.0 Å².